The summed E-state index contributed by atoms with van der Waals surface area (Å²) in [5.41, 5.74) is 5.73. The number of carbonyl (C=O) groups excluding carboxylic acids is 2. The Morgan fingerprint density at radius 2 is 2.11 bits per heavy atom. The first-order valence-corrected chi connectivity index (χ1v) is 10.3. The van der Waals surface area contributed by atoms with E-state index in [0.29, 0.717) is 19.6 Å². The van der Waals surface area contributed by atoms with Gasteiger partial charge in [-0.1, -0.05) is 23.7 Å². The Hall–Kier alpha value is -1.95. The average molecular weight is 409 g/mol. The largest absolute Gasteiger partial charge is 0.448 e. The standard InChI is InChI=1S/C21H29ClN2O4/c1-20(2,28-18(23)25)10-11-21(15-4-3-5-16(22)14-15)8-6-17(7-9-21)24-12-13-27-19(24)26/h3-5,14,17H,6-13H2,1-2H3,(H2,23,25). The van der Waals surface area contributed by atoms with Gasteiger partial charge in [0.05, 0.1) is 6.54 Å². The van der Waals surface area contributed by atoms with E-state index >= 15 is 0 Å². The molecule has 2 amide bonds. The van der Waals surface area contributed by atoms with Gasteiger partial charge in [-0.2, -0.15) is 0 Å². The molecule has 0 unspecified atom stereocenters. The minimum Gasteiger partial charge on any atom is -0.448 e. The first kappa shape index (κ1) is 20.8. The van der Waals surface area contributed by atoms with Crippen LogP contribution in [0.15, 0.2) is 24.3 Å². The van der Waals surface area contributed by atoms with Gasteiger partial charge >= 0.3 is 12.2 Å². The highest BCUT2D eigenvalue weighted by Crippen LogP contribution is 2.46. The van der Waals surface area contributed by atoms with Gasteiger partial charge in [0.25, 0.3) is 0 Å². The smallest absolute Gasteiger partial charge is 0.410 e. The highest BCUT2D eigenvalue weighted by Gasteiger charge is 2.41. The lowest BCUT2D eigenvalue weighted by atomic mass is 9.64. The van der Waals surface area contributed by atoms with E-state index < -0.39 is 11.7 Å². The van der Waals surface area contributed by atoms with Crippen LogP contribution < -0.4 is 5.73 Å². The third kappa shape index (κ3) is 4.72. The zero-order valence-corrected chi connectivity index (χ0v) is 17.3. The molecule has 0 atom stereocenters. The van der Waals surface area contributed by atoms with Gasteiger partial charge < -0.3 is 20.1 Å². The quantitative estimate of drug-likeness (QED) is 0.744. The number of benzene rings is 1. The van der Waals surface area contributed by atoms with Gasteiger partial charge in [-0.15, -0.1) is 0 Å². The highest BCUT2D eigenvalue weighted by atomic mass is 35.5. The highest BCUT2D eigenvalue weighted by molar-refractivity contribution is 6.30. The van der Waals surface area contributed by atoms with Crippen LogP contribution in [0.25, 0.3) is 0 Å². The second kappa shape index (κ2) is 8.19. The van der Waals surface area contributed by atoms with Gasteiger partial charge in [-0.25, -0.2) is 9.59 Å². The maximum atomic E-state index is 11.9. The number of primary amides is 1. The molecule has 0 radical (unpaired) electrons. The van der Waals surface area contributed by atoms with Gasteiger partial charge in [0.15, 0.2) is 0 Å². The number of nitrogens with zero attached hydrogens (tertiary/aromatic N) is 1. The van der Waals surface area contributed by atoms with Crippen molar-refractivity contribution in [2.75, 3.05) is 13.2 Å². The summed E-state index contributed by atoms with van der Waals surface area (Å²) in [6, 6.07) is 8.24. The zero-order valence-electron chi connectivity index (χ0n) is 16.6. The second-order valence-corrected chi connectivity index (χ2v) is 8.95. The molecule has 1 heterocycles. The summed E-state index contributed by atoms with van der Waals surface area (Å²) in [7, 11) is 0. The molecule has 1 aromatic rings. The predicted molar refractivity (Wildman–Crippen MR) is 107 cm³/mol. The number of rotatable bonds is 6. The molecule has 28 heavy (non-hydrogen) atoms. The van der Waals surface area contributed by atoms with Gasteiger partial charge in [-0.3, -0.25) is 0 Å². The molecule has 1 aliphatic carbocycles. The first-order chi connectivity index (χ1) is 13.2. The molecule has 0 bridgehead atoms. The van der Waals surface area contributed by atoms with Crippen molar-refractivity contribution < 1.29 is 19.1 Å². The summed E-state index contributed by atoms with van der Waals surface area (Å²) >= 11 is 6.28. The fraction of sp³-hybridized carbons (Fsp3) is 0.619. The molecule has 154 valence electrons. The maximum absolute atomic E-state index is 11.9. The van der Waals surface area contributed by atoms with Crippen molar-refractivity contribution in [3.63, 3.8) is 0 Å². The Kier molecular flexibility index (Phi) is 6.08. The van der Waals surface area contributed by atoms with Crippen LogP contribution in [0.4, 0.5) is 9.59 Å². The molecule has 2 aliphatic rings. The van der Waals surface area contributed by atoms with Crippen LogP contribution in [0.2, 0.25) is 5.02 Å². The van der Waals surface area contributed by atoms with E-state index in [1.807, 2.05) is 36.9 Å². The van der Waals surface area contributed by atoms with Gasteiger partial charge in [0.2, 0.25) is 0 Å². The summed E-state index contributed by atoms with van der Waals surface area (Å²) < 4.78 is 10.4. The van der Waals surface area contributed by atoms with Crippen molar-refractivity contribution in [2.24, 2.45) is 5.73 Å². The molecule has 6 nitrogen and oxygen atoms in total. The molecular weight excluding hydrogens is 380 g/mol. The van der Waals surface area contributed by atoms with Crippen molar-refractivity contribution in [1.29, 1.82) is 0 Å². The molecule has 1 aliphatic heterocycles. The SMILES string of the molecule is CC(C)(CCC1(c2cccc(Cl)c2)CCC(N2CCOC2=O)CC1)OC(N)=O. The summed E-state index contributed by atoms with van der Waals surface area (Å²) in [5.74, 6) is 0. The number of carbonyl (C=O) groups is 2. The van der Waals surface area contributed by atoms with Gasteiger partial charge in [0.1, 0.15) is 12.2 Å². The number of hydrogen-bond acceptors (Lipinski definition) is 4. The lowest BCUT2D eigenvalue weighted by molar-refractivity contribution is 0.0285. The van der Waals surface area contributed by atoms with Crippen LogP contribution in [0, 0.1) is 0 Å². The molecule has 1 saturated heterocycles. The fourth-order valence-electron chi connectivity index (χ4n) is 4.57. The van der Waals surface area contributed by atoms with Crippen LogP contribution >= 0.6 is 11.6 Å². The lowest BCUT2D eigenvalue weighted by Crippen LogP contribution is -2.44. The van der Waals surface area contributed by atoms with Crippen molar-refractivity contribution in [1.82, 2.24) is 4.90 Å². The van der Waals surface area contributed by atoms with Crippen molar-refractivity contribution in [2.45, 2.75) is 69.4 Å². The molecule has 3 rings (SSSR count). The van der Waals surface area contributed by atoms with Crippen LogP contribution in [0.3, 0.4) is 0 Å². The lowest BCUT2D eigenvalue weighted by Gasteiger charge is -2.44. The monoisotopic (exact) mass is 408 g/mol. The minimum atomic E-state index is -0.752. The third-order valence-electron chi connectivity index (χ3n) is 6.16. The fourth-order valence-corrected chi connectivity index (χ4v) is 4.76. The van der Waals surface area contributed by atoms with E-state index in [0.717, 1.165) is 37.1 Å². The Labute approximate surface area is 171 Å². The average Bonchev–Trinajstić information content (AvgIpc) is 3.05. The van der Waals surface area contributed by atoms with Crippen LogP contribution in [0.5, 0.6) is 0 Å². The number of ether oxygens (including phenoxy) is 2. The number of amides is 2. The summed E-state index contributed by atoms with van der Waals surface area (Å²) in [5, 5.41) is 0.717. The van der Waals surface area contributed by atoms with Crippen molar-refractivity contribution in [3.05, 3.63) is 34.9 Å². The van der Waals surface area contributed by atoms with E-state index in [4.69, 9.17) is 26.8 Å². The molecule has 0 aromatic heterocycles. The third-order valence-corrected chi connectivity index (χ3v) is 6.40. The second-order valence-electron chi connectivity index (χ2n) is 8.51. The molecule has 1 aromatic carbocycles. The summed E-state index contributed by atoms with van der Waals surface area (Å²) in [4.78, 5) is 25.0. The summed E-state index contributed by atoms with van der Waals surface area (Å²) in [6.07, 6.45) is 4.30. The number of hydrogen-bond donors (Lipinski definition) is 1. The normalized spacial score (nSPS) is 25.5. The Morgan fingerprint density at radius 3 is 2.68 bits per heavy atom. The Morgan fingerprint density at radius 1 is 1.39 bits per heavy atom. The Bertz CT molecular complexity index is 729. The van der Waals surface area contributed by atoms with Crippen LogP contribution in [-0.4, -0.2) is 41.9 Å². The van der Waals surface area contributed by atoms with E-state index in [9.17, 15) is 9.59 Å². The number of cyclic esters (lactones) is 1. The number of nitrogens with two attached hydrogens (primary N) is 1. The predicted octanol–water partition coefficient (Wildman–Crippen LogP) is 4.63. The molecule has 2 N–H and O–H groups in total. The molecule has 7 heteroatoms. The zero-order chi connectivity index (χ0) is 20.4. The minimum absolute atomic E-state index is 0.0662. The van der Waals surface area contributed by atoms with E-state index in [1.54, 1.807) is 0 Å². The number of halogens is 1. The van der Waals surface area contributed by atoms with Crippen molar-refractivity contribution in [3.8, 4) is 0 Å². The summed E-state index contributed by atoms with van der Waals surface area (Å²) in [6.45, 7) is 4.92. The van der Waals surface area contributed by atoms with Gasteiger partial charge in [-0.05, 0) is 75.5 Å². The van der Waals surface area contributed by atoms with E-state index in [2.05, 4.69) is 6.07 Å². The topological polar surface area (TPSA) is 81.9 Å². The van der Waals surface area contributed by atoms with Crippen LogP contribution in [-0.2, 0) is 14.9 Å². The van der Waals surface area contributed by atoms with Gasteiger partial charge in [0, 0.05) is 11.1 Å². The molecule has 1 saturated carbocycles. The van der Waals surface area contributed by atoms with E-state index in [1.165, 1.54) is 5.56 Å². The first-order valence-electron chi connectivity index (χ1n) is 9.89. The van der Waals surface area contributed by atoms with E-state index in [-0.39, 0.29) is 17.6 Å². The molecular formula is C21H29ClN2O4. The van der Waals surface area contributed by atoms with Crippen molar-refractivity contribution >= 4 is 23.8 Å². The van der Waals surface area contributed by atoms with Crippen LogP contribution in [0.1, 0.15) is 57.9 Å². The maximum Gasteiger partial charge on any atom is 0.410 e. The molecule has 0 spiro atoms. The molecule has 2 fully saturated rings. The Balaban J connectivity index is 1.77.